The SMILES string of the molecule is COC(=O)c1ccc(C23CC2(S(=O)(=O)c2ccccc2)C3)cc1. The molecule has 4 rings (SSSR count). The summed E-state index contributed by atoms with van der Waals surface area (Å²) in [4.78, 5) is 11.9. The van der Waals surface area contributed by atoms with Gasteiger partial charge in [-0.05, 0) is 42.7 Å². The van der Waals surface area contributed by atoms with E-state index in [4.69, 9.17) is 0 Å². The zero-order valence-corrected chi connectivity index (χ0v) is 13.5. The lowest BCUT2D eigenvalue weighted by Gasteiger charge is -2.05. The quantitative estimate of drug-likeness (QED) is 0.810. The van der Waals surface area contributed by atoms with Gasteiger partial charge >= 0.3 is 5.97 Å². The van der Waals surface area contributed by atoms with E-state index in [1.165, 1.54) is 7.11 Å². The fraction of sp³-hybridized carbons (Fsp3) is 0.278. The number of carbonyl (C=O) groups is 1. The molecule has 118 valence electrons. The molecule has 0 spiro atoms. The van der Waals surface area contributed by atoms with E-state index in [9.17, 15) is 13.2 Å². The molecule has 4 nitrogen and oxygen atoms in total. The Balaban J connectivity index is 1.64. The Hall–Kier alpha value is -2.14. The lowest BCUT2D eigenvalue weighted by atomic mass is 10.0. The summed E-state index contributed by atoms with van der Waals surface area (Å²) in [6, 6.07) is 15.7. The second-order valence-corrected chi connectivity index (χ2v) is 8.58. The Morgan fingerprint density at radius 2 is 1.61 bits per heavy atom. The highest BCUT2D eigenvalue weighted by atomic mass is 32.2. The van der Waals surface area contributed by atoms with Crippen LogP contribution in [0.3, 0.4) is 0 Å². The molecule has 0 heterocycles. The normalized spacial score (nSPS) is 27.9. The number of hydrogen-bond donors (Lipinski definition) is 0. The molecule has 0 radical (unpaired) electrons. The van der Waals surface area contributed by atoms with Gasteiger partial charge in [0.25, 0.3) is 0 Å². The maximum Gasteiger partial charge on any atom is 0.337 e. The molecule has 0 aliphatic heterocycles. The second-order valence-electron chi connectivity index (χ2n) is 6.32. The minimum absolute atomic E-state index is 0.268. The van der Waals surface area contributed by atoms with Gasteiger partial charge in [0, 0.05) is 5.41 Å². The molecule has 0 atom stereocenters. The van der Waals surface area contributed by atoms with E-state index in [-0.39, 0.29) is 11.4 Å². The van der Waals surface area contributed by atoms with E-state index in [2.05, 4.69) is 4.74 Å². The van der Waals surface area contributed by atoms with Gasteiger partial charge in [-0.1, -0.05) is 30.3 Å². The number of rotatable bonds is 4. The van der Waals surface area contributed by atoms with Crippen LogP contribution in [-0.2, 0) is 20.0 Å². The van der Waals surface area contributed by atoms with Crippen LogP contribution in [0.15, 0.2) is 59.5 Å². The molecule has 0 aromatic heterocycles. The number of hydrogen-bond acceptors (Lipinski definition) is 4. The predicted octanol–water partition coefficient (Wildman–Crippen LogP) is 2.73. The smallest absolute Gasteiger partial charge is 0.337 e. The number of methoxy groups -OCH3 is 1. The summed E-state index contributed by atoms with van der Waals surface area (Å²) in [5, 5.41) is 0. The molecule has 0 saturated heterocycles. The molecule has 0 amide bonds. The van der Waals surface area contributed by atoms with Crippen LogP contribution in [-0.4, -0.2) is 26.2 Å². The minimum Gasteiger partial charge on any atom is -0.465 e. The van der Waals surface area contributed by atoms with Gasteiger partial charge in [0.05, 0.1) is 22.3 Å². The second kappa shape index (κ2) is 4.45. The van der Waals surface area contributed by atoms with E-state index in [0.29, 0.717) is 23.3 Å². The van der Waals surface area contributed by atoms with Crippen molar-refractivity contribution in [2.75, 3.05) is 7.11 Å². The molecule has 2 saturated carbocycles. The van der Waals surface area contributed by atoms with Crippen LogP contribution in [0, 0.1) is 0 Å². The van der Waals surface area contributed by atoms with Crippen LogP contribution in [0.4, 0.5) is 0 Å². The fourth-order valence-electron chi connectivity index (χ4n) is 3.62. The molecule has 2 aliphatic carbocycles. The molecular weight excluding hydrogens is 312 g/mol. The van der Waals surface area contributed by atoms with E-state index in [1.54, 1.807) is 36.4 Å². The lowest BCUT2D eigenvalue weighted by molar-refractivity contribution is 0.0600. The molecule has 2 aliphatic rings. The fourth-order valence-corrected chi connectivity index (χ4v) is 6.09. The molecule has 2 aromatic carbocycles. The zero-order valence-electron chi connectivity index (χ0n) is 12.7. The Morgan fingerprint density at radius 3 is 2.17 bits per heavy atom. The predicted molar refractivity (Wildman–Crippen MR) is 85.1 cm³/mol. The van der Waals surface area contributed by atoms with Crippen molar-refractivity contribution in [3.63, 3.8) is 0 Å². The Morgan fingerprint density at radius 1 is 1.00 bits per heavy atom. The first-order valence-corrected chi connectivity index (χ1v) is 8.94. The molecule has 0 N–H and O–H groups in total. The molecule has 23 heavy (non-hydrogen) atoms. The third kappa shape index (κ3) is 1.77. The maximum absolute atomic E-state index is 12.9. The Kier molecular flexibility index (Phi) is 2.79. The topological polar surface area (TPSA) is 60.4 Å². The molecular formula is C18H16O4S. The summed E-state index contributed by atoms with van der Waals surface area (Å²) in [6.07, 6.45) is 1.32. The van der Waals surface area contributed by atoms with E-state index in [0.717, 1.165) is 5.56 Å². The van der Waals surface area contributed by atoms with Crippen LogP contribution >= 0.6 is 0 Å². The van der Waals surface area contributed by atoms with Gasteiger partial charge < -0.3 is 4.74 Å². The standard InChI is InChI=1S/C18H16O4S/c1-22-16(19)13-7-9-14(10-8-13)17-11-18(17,12-17)23(20,21)15-5-3-2-4-6-15/h2-10H,11-12H2,1H3. The molecule has 0 unspecified atom stereocenters. The van der Waals surface area contributed by atoms with Gasteiger partial charge in [-0.25, -0.2) is 13.2 Å². The van der Waals surface area contributed by atoms with E-state index < -0.39 is 14.6 Å². The molecule has 0 bridgehead atoms. The summed E-state index contributed by atoms with van der Waals surface area (Å²) in [7, 11) is -1.98. The van der Waals surface area contributed by atoms with Crippen LogP contribution in [0.1, 0.15) is 28.8 Å². The third-order valence-corrected chi connectivity index (χ3v) is 7.82. The van der Waals surface area contributed by atoms with Gasteiger partial charge in [0.2, 0.25) is 0 Å². The number of sulfone groups is 1. The lowest BCUT2D eigenvalue weighted by Crippen LogP contribution is -2.14. The number of ether oxygens (including phenoxy) is 1. The van der Waals surface area contributed by atoms with Crippen molar-refractivity contribution in [1.29, 1.82) is 0 Å². The highest BCUT2D eigenvalue weighted by molar-refractivity contribution is 7.93. The van der Waals surface area contributed by atoms with Crippen molar-refractivity contribution in [1.82, 2.24) is 0 Å². The van der Waals surface area contributed by atoms with Gasteiger partial charge in [0.1, 0.15) is 0 Å². The van der Waals surface area contributed by atoms with E-state index in [1.807, 2.05) is 18.2 Å². The van der Waals surface area contributed by atoms with Crippen molar-refractivity contribution in [3.05, 3.63) is 65.7 Å². The van der Waals surface area contributed by atoms with Crippen molar-refractivity contribution in [2.24, 2.45) is 0 Å². The van der Waals surface area contributed by atoms with E-state index >= 15 is 0 Å². The highest BCUT2D eigenvalue weighted by Crippen LogP contribution is 2.83. The summed E-state index contributed by atoms with van der Waals surface area (Å²) in [5.41, 5.74) is 1.20. The molecule has 2 fully saturated rings. The summed E-state index contributed by atoms with van der Waals surface area (Å²) < 4.78 is 29.8. The first-order valence-electron chi connectivity index (χ1n) is 7.45. The number of fused-ring (bicyclic) bond motifs is 1. The van der Waals surface area contributed by atoms with Gasteiger partial charge in [0.15, 0.2) is 9.84 Å². The van der Waals surface area contributed by atoms with Crippen molar-refractivity contribution >= 4 is 15.8 Å². The van der Waals surface area contributed by atoms with Crippen molar-refractivity contribution in [2.45, 2.75) is 27.9 Å². The molecule has 5 heteroatoms. The molecule has 2 aromatic rings. The monoisotopic (exact) mass is 328 g/mol. The van der Waals surface area contributed by atoms with Gasteiger partial charge in [-0.3, -0.25) is 0 Å². The summed E-state index contributed by atoms with van der Waals surface area (Å²) >= 11 is 0. The number of carbonyl (C=O) groups excluding carboxylic acids is 1. The summed E-state index contributed by atoms with van der Waals surface area (Å²) in [6.45, 7) is 0. The first kappa shape index (κ1) is 14.5. The van der Waals surface area contributed by atoms with Gasteiger partial charge in [-0.2, -0.15) is 0 Å². The summed E-state index contributed by atoms with van der Waals surface area (Å²) in [5.74, 6) is -0.385. The average molecular weight is 328 g/mol. The van der Waals surface area contributed by atoms with Crippen molar-refractivity contribution in [3.8, 4) is 0 Å². The van der Waals surface area contributed by atoms with Crippen LogP contribution in [0.25, 0.3) is 0 Å². The minimum atomic E-state index is -3.32. The number of esters is 1. The first-order chi connectivity index (χ1) is 11.0. The highest BCUT2D eigenvalue weighted by Gasteiger charge is 2.90. The van der Waals surface area contributed by atoms with Crippen LogP contribution in [0.2, 0.25) is 0 Å². The van der Waals surface area contributed by atoms with Crippen LogP contribution < -0.4 is 0 Å². The van der Waals surface area contributed by atoms with Crippen LogP contribution in [0.5, 0.6) is 0 Å². The zero-order chi connectivity index (χ0) is 16.3. The largest absolute Gasteiger partial charge is 0.465 e. The average Bonchev–Trinajstić information content (AvgIpc) is 3.43. The van der Waals surface area contributed by atoms with Crippen molar-refractivity contribution < 1.29 is 17.9 Å². The number of benzene rings is 2. The third-order valence-electron chi connectivity index (χ3n) is 5.22. The Bertz CT molecular complexity index is 876. The maximum atomic E-state index is 12.9. The van der Waals surface area contributed by atoms with Gasteiger partial charge in [-0.15, -0.1) is 0 Å². The Labute approximate surface area is 135 Å².